The van der Waals surface area contributed by atoms with Crippen molar-refractivity contribution in [2.75, 3.05) is 20.3 Å². The van der Waals surface area contributed by atoms with Crippen molar-refractivity contribution in [3.8, 4) is 5.75 Å². The predicted molar refractivity (Wildman–Crippen MR) is 143 cm³/mol. The van der Waals surface area contributed by atoms with Crippen LogP contribution >= 0.6 is 0 Å². The number of benzene rings is 1. The van der Waals surface area contributed by atoms with Gasteiger partial charge in [-0.25, -0.2) is 5.01 Å². The van der Waals surface area contributed by atoms with E-state index in [1.165, 1.54) is 24.3 Å². The molecule has 0 aromatic heterocycles. The van der Waals surface area contributed by atoms with Gasteiger partial charge in [-0.3, -0.25) is 29.0 Å². The van der Waals surface area contributed by atoms with Crippen molar-refractivity contribution >= 4 is 29.6 Å². The fourth-order valence-electron chi connectivity index (χ4n) is 4.61. The molecular weight excluding hydrogens is 536 g/mol. The second-order valence-electron chi connectivity index (χ2n) is 9.40. The summed E-state index contributed by atoms with van der Waals surface area (Å²) in [5.74, 6) is -2.96. The van der Waals surface area contributed by atoms with Gasteiger partial charge in [0.05, 0.1) is 13.2 Å². The molecule has 0 spiro atoms. The van der Waals surface area contributed by atoms with Crippen molar-refractivity contribution in [3.05, 3.63) is 59.4 Å². The number of carbonyl (C=O) groups is 5. The highest BCUT2D eigenvalue weighted by atomic mass is 16.5. The van der Waals surface area contributed by atoms with E-state index in [2.05, 4.69) is 22.2 Å². The molecule has 1 aromatic rings. The number of hydrazine groups is 1. The van der Waals surface area contributed by atoms with Gasteiger partial charge in [0.15, 0.2) is 4.98 Å². The molecule has 3 rings (SSSR count). The molecule has 1 aromatic carbocycles. The topological polar surface area (TPSA) is 183 Å². The summed E-state index contributed by atoms with van der Waals surface area (Å²) in [6.07, 6.45) is 2.41. The Kier molecular flexibility index (Phi) is 10.8. The highest BCUT2D eigenvalue weighted by Gasteiger charge is 2.45. The molecule has 3 N–H and O–H groups in total. The first-order chi connectivity index (χ1) is 19.7. The minimum atomic E-state index is -1.16. The first-order valence-electron chi connectivity index (χ1n) is 13.1. The molecule has 14 heteroatoms. The Morgan fingerprint density at radius 1 is 1.29 bits per heavy atom. The van der Waals surface area contributed by atoms with Crippen LogP contribution < -0.4 is 15.4 Å². The van der Waals surface area contributed by atoms with Crippen LogP contribution in [0.3, 0.4) is 0 Å². The lowest BCUT2D eigenvalue weighted by molar-refractivity contribution is -0.176. The third-order valence-corrected chi connectivity index (χ3v) is 6.66. The molecule has 2 aliphatic rings. The number of rotatable bonds is 11. The van der Waals surface area contributed by atoms with Gasteiger partial charge in [-0.1, -0.05) is 18.7 Å². The second kappa shape index (κ2) is 14.5. The van der Waals surface area contributed by atoms with Crippen LogP contribution in [0, 0.1) is 5.39 Å². The molecule has 4 amide bonds. The van der Waals surface area contributed by atoms with Gasteiger partial charge in [0, 0.05) is 24.9 Å². The normalized spacial score (nSPS) is 19.7. The molecule has 41 heavy (non-hydrogen) atoms. The number of amides is 4. The predicted octanol–water partition coefficient (Wildman–Crippen LogP) is 1.57. The number of aliphatic hydroxyl groups excluding tert-OH is 1. The molecule has 2 saturated heterocycles. The molecule has 218 valence electrons. The Hall–Kier alpha value is -4.93. The zero-order chi connectivity index (χ0) is 29.9. The minimum Gasteiger partial charge on any atom is -0.504 e. The van der Waals surface area contributed by atoms with Crippen LogP contribution in [-0.4, -0.2) is 83.1 Å². The van der Waals surface area contributed by atoms with E-state index >= 15 is 0 Å². The number of diazo groups is 1. The summed E-state index contributed by atoms with van der Waals surface area (Å²) in [5.41, 5.74) is 0.253. The highest BCUT2D eigenvalue weighted by Crippen LogP contribution is 2.26. The van der Waals surface area contributed by atoms with Gasteiger partial charge in [-0.2, -0.15) is 0 Å². The Bertz CT molecular complexity index is 1260. The first-order valence-corrected chi connectivity index (χ1v) is 13.1. The third-order valence-electron chi connectivity index (χ3n) is 6.66. The van der Waals surface area contributed by atoms with E-state index in [0.717, 1.165) is 5.01 Å². The number of nitrogens with one attached hydrogen (secondary N) is 2. The van der Waals surface area contributed by atoms with E-state index in [9.17, 15) is 29.1 Å². The molecule has 2 aliphatic heterocycles. The van der Waals surface area contributed by atoms with Gasteiger partial charge in [-0.05, 0) is 43.9 Å². The van der Waals surface area contributed by atoms with E-state index in [-0.39, 0.29) is 56.7 Å². The van der Waals surface area contributed by atoms with Gasteiger partial charge >= 0.3 is 12.2 Å². The maximum atomic E-state index is 13.7. The van der Waals surface area contributed by atoms with E-state index in [4.69, 9.17) is 14.9 Å². The van der Waals surface area contributed by atoms with Gasteiger partial charge in [0.2, 0.25) is 23.0 Å². The zero-order valence-corrected chi connectivity index (χ0v) is 22.7. The fourth-order valence-corrected chi connectivity index (χ4v) is 4.61. The molecule has 0 saturated carbocycles. The standard InChI is InChI=1S/C27H32N6O8/c1-3-14-41-24(36)12-10-19(22(34)16-29-28)30-26(38)21-8-5-13-32-23(35)11-9-20(27(39)33(21)32)31-25(37)17-6-4-7-18(15-17)40-2/h3-4,6-7,15-16,19-21H,1,5,8-14H2,2H3,(H2-,30,31,34,37,38)/p+1/b22-16-/t19-,20-,21-/m0/s1. The smallest absolute Gasteiger partial charge is 0.389 e. The number of hydrogen-bond acceptors (Lipinski definition) is 9. The highest BCUT2D eigenvalue weighted by molar-refractivity contribution is 6.00. The van der Waals surface area contributed by atoms with E-state index in [1.54, 1.807) is 18.2 Å². The maximum absolute atomic E-state index is 13.7. The minimum absolute atomic E-state index is 0.0117. The molecule has 3 atom stereocenters. The number of nitrogens with zero attached hydrogens (tertiary/aromatic N) is 4. The lowest BCUT2D eigenvalue weighted by atomic mass is 10.0. The van der Waals surface area contributed by atoms with Crippen LogP contribution in [0.25, 0.3) is 4.98 Å². The lowest BCUT2D eigenvalue weighted by Gasteiger charge is -2.43. The summed E-state index contributed by atoms with van der Waals surface area (Å²) < 4.78 is 10.1. The molecule has 2 heterocycles. The van der Waals surface area contributed by atoms with Crippen LogP contribution in [0.15, 0.2) is 48.9 Å². The molecule has 0 radical (unpaired) electrons. The van der Waals surface area contributed by atoms with Crippen LogP contribution in [-0.2, 0) is 23.9 Å². The summed E-state index contributed by atoms with van der Waals surface area (Å²) in [6, 6.07) is 2.96. The monoisotopic (exact) mass is 569 g/mol. The van der Waals surface area contributed by atoms with Crippen molar-refractivity contribution in [1.29, 1.82) is 5.39 Å². The molecule has 14 nitrogen and oxygen atoms in total. The van der Waals surface area contributed by atoms with Crippen LogP contribution in [0.2, 0.25) is 0 Å². The maximum Gasteiger partial charge on any atom is 0.389 e. The lowest BCUT2D eigenvalue weighted by Crippen LogP contribution is -2.64. The Labute approximate surface area is 236 Å². The number of carbonyl (C=O) groups excluding carboxylic acids is 5. The van der Waals surface area contributed by atoms with Crippen molar-refractivity contribution in [3.63, 3.8) is 0 Å². The van der Waals surface area contributed by atoms with Gasteiger partial charge in [0.25, 0.3) is 11.8 Å². The Morgan fingerprint density at radius 2 is 2.07 bits per heavy atom. The van der Waals surface area contributed by atoms with Gasteiger partial charge < -0.3 is 25.2 Å². The van der Waals surface area contributed by atoms with Crippen LogP contribution in [0.4, 0.5) is 0 Å². The number of hydrogen-bond donors (Lipinski definition) is 3. The number of esters is 1. The molecule has 2 fully saturated rings. The number of methoxy groups -OCH3 is 1. The number of aliphatic hydroxyl groups is 1. The fraction of sp³-hybridized carbons (Fsp3) is 0.444. The molecule has 0 unspecified atom stereocenters. The summed E-state index contributed by atoms with van der Waals surface area (Å²) >= 11 is 0. The van der Waals surface area contributed by atoms with Crippen molar-refractivity contribution in [2.24, 2.45) is 0 Å². The molecular formula is C27H33N6O8+. The zero-order valence-electron chi connectivity index (χ0n) is 22.7. The first kappa shape index (κ1) is 30.6. The Morgan fingerprint density at radius 3 is 2.78 bits per heavy atom. The van der Waals surface area contributed by atoms with E-state index < -0.39 is 47.6 Å². The average Bonchev–Trinajstić information content (AvgIpc) is 3.10. The summed E-state index contributed by atoms with van der Waals surface area (Å²) in [5, 5.41) is 26.7. The largest absolute Gasteiger partial charge is 0.504 e. The molecule has 0 bridgehead atoms. The van der Waals surface area contributed by atoms with Crippen LogP contribution in [0.1, 0.15) is 48.9 Å². The van der Waals surface area contributed by atoms with Crippen LogP contribution in [0.5, 0.6) is 5.75 Å². The summed E-state index contributed by atoms with van der Waals surface area (Å²) in [7, 11) is 1.46. The van der Waals surface area contributed by atoms with Crippen molar-refractivity contribution in [1.82, 2.24) is 20.7 Å². The Balaban J connectivity index is 1.80. The summed E-state index contributed by atoms with van der Waals surface area (Å²) in [6.45, 7) is 3.65. The van der Waals surface area contributed by atoms with E-state index in [0.29, 0.717) is 18.4 Å². The van der Waals surface area contributed by atoms with E-state index in [1.807, 2.05) is 0 Å². The SMILES string of the molecule is C=CCOC(=O)CC[C@H](NC(=O)[C@@H]1CCCN2C(=O)CC[C@H](NC(=O)c3cccc(OC)c3)C(=O)N12)/C(O)=C/[N+]#N. The summed E-state index contributed by atoms with van der Waals surface area (Å²) in [4.78, 5) is 67.8. The van der Waals surface area contributed by atoms with Crippen molar-refractivity contribution < 1.29 is 38.6 Å². The van der Waals surface area contributed by atoms with Crippen molar-refractivity contribution in [2.45, 2.75) is 56.7 Å². The number of fused-ring (bicyclic) bond motifs is 1. The quantitative estimate of drug-likeness (QED) is 0.154. The van der Waals surface area contributed by atoms with Gasteiger partial charge in [-0.15, -0.1) is 0 Å². The number of ether oxygens (including phenoxy) is 2. The third kappa shape index (κ3) is 7.81. The molecule has 0 aliphatic carbocycles. The van der Waals surface area contributed by atoms with Gasteiger partial charge in [0.1, 0.15) is 24.4 Å². The average molecular weight is 570 g/mol. The second-order valence-corrected chi connectivity index (χ2v) is 9.40.